The summed E-state index contributed by atoms with van der Waals surface area (Å²) < 4.78 is 4.76. The van der Waals surface area contributed by atoms with Crippen LogP contribution in [0.15, 0.2) is 12.3 Å². The largest absolute Gasteiger partial charge is 0.469 e. The van der Waals surface area contributed by atoms with Gasteiger partial charge in [0.15, 0.2) is 5.82 Å². The fourth-order valence-electron chi connectivity index (χ4n) is 2.01. The summed E-state index contributed by atoms with van der Waals surface area (Å²) in [5.41, 5.74) is 1.33. The third-order valence-corrected chi connectivity index (χ3v) is 3.50. The molecule has 0 radical (unpaired) electrons. The van der Waals surface area contributed by atoms with Crippen LogP contribution < -0.4 is 5.32 Å². The molecule has 2 aromatic rings. The van der Waals surface area contributed by atoms with E-state index in [1.165, 1.54) is 7.11 Å². The summed E-state index contributed by atoms with van der Waals surface area (Å²) in [5.74, 6) is 0.309. The number of methoxy groups -OCH3 is 1. The van der Waals surface area contributed by atoms with Crippen molar-refractivity contribution in [3.05, 3.63) is 17.5 Å². The standard InChI is InChI=1S/C14H19ClN4O2/c1-14(2,3)9(7-10(20)21-4)18-12-11-8(5-6-16-11)17-13(15)19-12/h5-6,9,16H,7H2,1-4H3,(H,17,18,19). The number of nitrogens with one attached hydrogen (secondary N) is 2. The molecule has 2 N–H and O–H groups in total. The summed E-state index contributed by atoms with van der Waals surface area (Å²) in [6.07, 6.45) is 2.01. The molecule has 0 spiro atoms. The van der Waals surface area contributed by atoms with Crippen LogP contribution in [0.3, 0.4) is 0 Å². The smallest absolute Gasteiger partial charge is 0.307 e. The van der Waals surface area contributed by atoms with Gasteiger partial charge >= 0.3 is 5.97 Å². The van der Waals surface area contributed by atoms with Gasteiger partial charge in [-0.25, -0.2) is 4.98 Å². The van der Waals surface area contributed by atoms with E-state index in [0.29, 0.717) is 5.82 Å². The molecule has 2 rings (SSSR count). The number of anilines is 1. The van der Waals surface area contributed by atoms with Crippen LogP contribution in [0.25, 0.3) is 11.0 Å². The summed E-state index contributed by atoms with van der Waals surface area (Å²) in [6.45, 7) is 6.13. The summed E-state index contributed by atoms with van der Waals surface area (Å²) in [4.78, 5) is 23.0. The van der Waals surface area contributed by atoms with E-state index in [9.17, 15) is 4.79 Å². The number of esters is 1. The van der Waals surface area contributed by atoms with Crippen LogP contribution in [0.2, 0.25) is 5.28 Å². The number of H-pyrrole nitrogens is 1. The molecule has 6 nitrogen and oxygen atoms in total. The number of aromatic amines is 1. The van der Waals surface area contributed by atoms with Gasteiger partial charge in [0.1, 0.15) is 5.52 Å². The molecule has 0 bridgehead atoms. The predicted octanol–water partition coefficient (Wildman–Crippen LogP) is 3.00. The predicted molar refractivity (Wildman–Crippen MR) is 82.4 cm³/mol. The molecule has 7 heteroatoms. The highest BCUT2D eigenvalue weighted by molar-refractivity contribution is 6.28. The lowest BCUT2D eigenvalue weighted by molar-refractivity contribution is -0.141. The van der Waals surface area contributed by atoms with E-state index < -0.39 is 0 Å². The highest BCUT2D eigenvalue weighted by atomic mass is 35.5. The van der Waals surface area contributed by atoms with Gasteiger partial charge in [0, 0.05) is 12.2 Å². The summed E-state index contributed by atoms with van der Waals surface area (Å²) in [5, 5.41) is 3.45. The van der Waals surface area contributed by atoms with Gasteiger partial charge in [0.05, 0.1) is 19.0 Å². The topological polar surface area (TPSA) is 79.9 Å². The molecule has 0 aliphatic heterocycles. The van der Waals surface area contributed by atoms with Crippen LogP contribution in [0, 0.1) is 5.41 Å². The molecule has 21 heavy (non-hydrogen) atoms. The first-order chi connectivity index (χ1) is 9.81. The minimum Gasteiger partial charge on any atom is -0.469 e. The molecular weight excluding hydrogens is 292 g/mol. The molecule has 2 aromatic heterocycles. The lowest BCUT2D eigenvalue weighted by Crippen LogP contribution is -2.36. The molecule has 114 valence electrons. The van der Waals surface area contributed by atoms with Gasteiger partial charge in [-0.2, -0.15) is 4.98 Å². The number of rotatable bonds is 4. The fourth-order valence-corrected chi connectivity index (χ4v) is 2.19. The van der Waals surface area contributed by atoms with Crippen LogP contribution in [0.1, 0.15) is 27.2 Å². The zero-order valence-electron chi connectivity index (χ0n) is 12.5. The Morgan fingerprint density at radius 2 is 2.19 bits per heavy atom. The lowest BCUT2D eigenvalue weighted by atomic mass is 9.84. The SMILES string of the molecule is COC(=O)CC(Nc1nc(Cl)nc2cc[nH]c12)C(C)(C)C. The molecule has 1 atom stereocenters. The van der Waals surface area contributed by atoms with E-state index in [2.05, 4.69) is 20.3 Å². The third kappa shape index (κ3) is 3.64. The number of aromatic nitrogens is 3. The van der Waals surface area contributed by atoms with Crippen LogP contribution in [-0.2, 0) is 9.53 Å². The van der Waals surface area contributed by atoms with Gasteiger partial charge in [0.25, 0.3) is 0 Å². The first-order valence-corrected chi connectivity index (χ1v) is 7.03. The van der Waals surface area contributed by atoms with E-state index in [-0.39, 0.29) is 29.1 Å². The van der Waals surface area contributed by atoms with Crippen LogP contribution in [0.4, 0.5) is 5.82 Å². The van der Waals surface area contributed by atoms with Gasteiger partial charge in [0.2, 0.25) is 5.28 Å². The first-order valence-electron chi connectivity index (χ1n) is 6.65. The average Bonchev–Trinajstić information content (AvgIpc) is 2.84. The van der Waals surface area contributed by atoms with E-state index in [4.69, 9.17) is 16.3 Å². The fraction of sp³-hybridized carbons (Fsp3) is 0.500. The number of carbonyl (C=O) groups excluding carboxylic acids is 1. The quantitative estimate of drug-likeness (QED) is 0.670. The maximum Gasteiger partial charge on any atom is 0.307 e. The van der Waals surface area contributed by atoms with Crippen molar-refractivity contribution in [1.29, 1.82) is 0 Å². The van der Waals surface area contributed by atoms with Crippen molar-refractivity contribution < 1.29 is 9.53 Å². The minimum absolute atomic E-state index is 0.151. The molecule has 0 aliphatic carbocycles. The third-order valence-electron chi connectivity index (χ3n) is 3.33. The van der Waals surface area contributed by atoms with Crippen molar-refractivity contribution in [3.63, 3.8) is 0 Å². The number of carbonyl (C=O) groups is 1. The van der Waals surface area contributed by atoms with Gasteiger partial charge in [-0.3, -0.25) is 4.79 Å². The molecule has 0 aliphatic rings. The molecule has 2 heterocycles. The molecule has 0 saturated heterocycles. The Labute approximate surface area is 128 Å². The number of hydrogen-bond acceptors (Lipinski definition) is 5. The second-order valence-electron chi connectivity index (χ2n) is 5.92. The van der Waals surface area contributed by atoms with Gasteiger partial charge < -0.3 is 15.0 Å². The number of nitrogens with zero attached hydrogens (tertiary/aromatic N) is 2. The normalized spacial score (nSPS) is 13.2. The number of ether oxygens (including phenoxy) is 1. The second-order valence-corrected chi connectivity index (χ2v) is 6.26. The maximum absolute atomic E-state index is 11.6. The van der Waals surface area contributed by atoms with Crippen LogP contribution in [-0.4, -0.2) is 34.1 Å². The molecule has 1 unspecified atom stereocenters. The highest BCUT2D eigenvalue weighted by Gasteiger charge is 2.28. The Balaban J connectivity index is 2.34. The van der Waals surface area contributed by atoms with E-state index >= 15 is 0 Å². The van der Waals surface area contributed by atoms with Crippen molar-refractivity contribution in [2.24, 2.45) is 5.41 Å². The Morgan fingerprint density at radius 3 is 2.81 bits per heavy atom. The zero-order chi connectivity index (χ0) is 15.6. The van der Waals surface area contributed by atoms with E-state index in [1.807, 2.05) is 26.8 Å². The van der Waals surface area contributed by atoms with Crippen molar-refractivity contribution in [3.8, 4) is 0 Å². The maximum atomic E-state index is 11.6. The second kappa shape index (κ2) is 5.89. The summed E-state index contributed by atoms with van der Waals surface area (Å²) >= 11 is 5.94. The van der Waals surface area contributed by atoms with E-state index in [1.54, 1.807) is 6.20 Å². The van der Waals surface area contributed by atoms with Crippen LogP contribution in [0.5, 0.6) is 0 Å². The van der Waals surface area contributed by atoms with Gasteiger partial charge in [-0.05, 0) is 23.1 Å². The number of hydrogen-bond donors (Lipinski definition) is 2. The van der Waals surface area contributed by atoms with Crippen molar-refractivity contribution in [1.82, 2.24) is 15.0 Å². The number of fused-ring (bicyclic) bond motifs is 1. The molecule has 0 amide bonds. The lowest BCUT2D eigenvalue weighted by Gasteiger charge is -2.31. The van der Waals surface area contributed by atoms with Gasteiger partial charge in [-0.1, -0.05) is 20.8 Å². The molecule has 0 saturated carbocycles. The number of halogens is 1. The molecule has 0 fully saturated rings. The summed E-state index contributed by atoms with van der Waals surface area (Å²) in [7, 11) is 1.38. The Kier molecular flexibility index (Phi) is 4.37. The van der Waals surface area contributed by atoms with Crippen molar-refractivity contribution in [2.75, 3.05) is 12.4 Å². The van der Waals surface area contributed by atoms with Crippen molar-refractivity contribution >= 4 is 34.4 Å². The Bertz CT molecular complexity index is 648. The zero-order valence-corrected chi connectivity index (χ0v) is 13.3. The van der Waals surface area contributed by atoms with Crippen LogP contribution >= 0.6 is 11.6 Å². The monoisotopic (exact) mass is 310 g/mol. The average molecular weight is 311 g/mol. The minimum atomic E-state index is -0.273. The van der Waals surface area contributed by atoms with Gasteiger partial charge in [-0.15, -0.1) is 0 Å². The Hall–Kier alpha value is -1.82. The summed E-state index contributed by atoms with van der Waals surface area (Å²) in [6, 6.07) is 1.67. The van der Waals surface area contributed by atoms with E-state index in [0.717, 1.165) is 11.0 Å². The first kappa shape index (κ1) is 15.6. The highest BCUT2D eigenvalue weighted by Crippen LogP contribution is 2.28. The Morgan fingerprint density at radius 1 is 1.48 bits per heavy atom. The van der Waals surface area contributed by atoms with Crippen molar-refractivity contribution in [2.45, 2.75) is 33.2 Å². The molecule has 0 aromatic carbocycles. The molecular formula is C14H19ClN4O2.